The third kappa shape index (κ3) is 3.05. The molecule has 1 aromatic carbocycles. The van der Waals surface area contributed by atoms with Gasteiger partial charge in [0.15, 0.2) is 0 Å². The maximum atomic E-state index is 11.9. The zero-order valence-electron chi connectivity index (χ0n) is 9.69. The summed E-state index contributed by atoms with van der Waals surface area (Å²) in [5.74, 6) is -0.858. The van der Waals surface area contributed by atoms with Crippen LogP contribution in [0.2, 0.25) is 0 Å². The van der Waals surface area contributed by atoms with E-state index < -0.39 is 11.8 Å². The number of aliphatic hydroxyl groups excluding tert-OH is 1. The van der Waals surface area contributed by atoms with Crippen molar-refractivity contribution in [2.75, 3.05) is 18.5 Å². The standard InChI is InChI=1S/C12H10Br2N2O3/c13-7-1-2-9(8(14)5-7)15-10-6-11(18)16(3-4-17)12(10)19/h1-2,5-6,15,17H,3-4H2. The highest BCUT2D eigenvalue weighted by atomic mass is 79.9. The first-order valence-corrected chi connectivity index (χ1v) is 7.02. The molecule has 0 bridgehead atoms. The SMILES string of the molecule is O=C1C=C(Nc2ccc(Br)cc2Br)C(=O)N1CCO. The van der Waals surface area contributed by atoms with E-state index >= 15 is 0 Å². The molecular weight excluding hydrogens is 380 g/mol. The van der Waals surface area contributed by atoms with Gasteiger partial charge in [0.25, 0.3) is 11.8 Å². The van der Waals surface area contributed by atoms with Crippen LogP contribution >= 0.6 is 31.9 Å². The Morgan fingerprint density at radius 2 is 2.00 bits per heavy atom. The van der Waals surface area contributed by atoms with Crippen molar-refractivity contribution in [2.45, 2.75) is 0 Å². The van der Waals surface area contributed by atoms with E-state index in [0.717, 1.165) is 13.8 Å². The number of benzene rings is 1. The van der Waals surface area contributed by atoms with E-state index in [-0.39, 0.29) is 18.8 Å². The van der Waals surface area contributed by atoms with Gasteiger partial charge in [-0.15, -0.1) is 0 Å². The molecule has 0 saturated carbocycles. The van der Waals surface area contributed by atoms with E-state index in [1.54, 1.807) is 6.07 Å². The van der Waals surface area contributed by atoms with Crippen LogP contribution in [-0.2, 0) is 9.59 Å². The number of halogens is 2. The Morgan fingerprint density at radius 3 is 2.63 bits per heavy atom. The summed E-state index contributed by atoms with van der Waals surface area (Å²) in [7, 11) is 0. The van der Waals surface area contributed by atoms with E-state index in [9.17, 15) is 9.59 Å². The quantitative estimate of drug-likeness (QED) is 0.771. The predicted molar refractivity (Wildman–Crippen MR) is 77.4 cm³/mol. The fourth-order valence-electron chi connectivity index (χ4n) is 1.65. The van der Waals surface area contributed by atoms with Crippen LogP contribution in [-0.4, -0.2) is 35.0 Å². The highest BCUT2D eigenvalue weighted by Gasteiger charge is 2.30. The summed E-state index contributed by atoms with van der Waals surface area (Å²) in [6, 6.07) is 5.43. The molecule has 1 heterocycles. The molecule has 0 radical (unpaired) electrons. The molecule has 0 fully saturated rings. The summed E-state index contributed by atoms with van der Waals surface area (Å²) in [6.07, 6.45) is 1.23. The van der Waals surface area contributed by atoms with Gasteiger partial charge in [0.05, 0.1) is 18.8 Å². The molecule has 5 nitrogen and oxygen atoms in total. The minimum Gasteiger partial charge on any atom is -0.395 e. The van der Waals surface area contributed by atoms with Crippen LogP contribution in [0.3, 0.4) is 0 Å². The number of aliphatic hydroxyl groups is 1. The minimum atomic E-state index is -0.436. The summed E-state index contributed by atoms with van der Waals surface area (Å²) >= 11 is 6.70. The van der Waals surface area contributed by atoms with E-state index in [2.05, 4.69) is 37.2 Å². The normalized spacial score (nSPS) is 14.9. The van der Waals surface area contributed by atoms with Crippen molar-refractivity contribution in [1.82, 2.24) is 4.90 Å². The van der Waals surface area contributed by atoms with E-state index in [4.69, 9.17) is 5.11 Å². The first-order chi connectivity index (χ1) is 9.02. The van der Waals surface area contributed by atoms with Gasteiger partial charge in [-0.05, 0) is 34.1 Å². The summed E-state index contributed by atoms with van der Waals surface area (Å²) < 4.78 is 1.67. The molecule has 19 heavy (non-hydrogen) atoms. The molecule has 0 aliphatic carbocycles. The monoisotopic (exact) mass is 388 g/mol. The molecule has 1 aliphatic rings. The van der Waals surface area contributed by atoms with Crippen LogP contribution in [0.15, 0.2) is 38.9 Å². The molecule has 1 aromatic rings. The van der Waals surface area contributed by atoms with Crippen molar-refractivity contribution in [2.24, 2.45) is 0 Å². The smallest absolute Gasteiger partial charge is 0.277 e. The molecule has 100 valence electrons. The fraction of sp³-hybridized carbons (Fsp3) is 0.167. The van der Waals surface area contributed by atoms with Crippen molar-refractivity contribution < 1.29 is 14.7 Å². The first-order valence-electron chi connectivity index (χ1n) is 5.43. The molecule has 7 heteroatoms. The van der Waals surface area contributed by atoms with Gasteiger partial charge in [-0.1, -0.05) is 15.9 Å². The van der Waals surface area contributed by atoms with Gasteiger partial charge >= 0.3 is 0 Å². The third-order valence-electron chi connectivity index (χ3n) is 2.53. The van der Waals surface area contributed by atoms with Gasteiger partial charge in [0.2, 0.25) is 0 Å². The van der Waals surface area contributed by atoms with Crippen molar-refractivity contribution >= 4 is 49.4 Å². The van der Waals surface area contributed by atoms with Crippen LogP contribution in [0, 0.1) is 0 Å². The van der Waals surface area contributed by atoms with Gasteiger partial charge in [-0.25, -0.2) is 0 Å². The zero-order valence-corrected chi connectivity index (χ0v) is 12.9. The number of amides is 2. The average Bonchev–Trinajstić information content (AvgIpc) is 2.61. The number of nitrogens with one attached hydrogen (secondary N) is 1. The lowest BCUT2D eigenvalue weighted by Crippen LogP contribution is -2.34. The lowest BCUT2D eigenvalue weighted by molar-refractivity contribution is -0.137. The summed E-state index contributed by atoms with van der Waals surface area (Å²) in [5, 5.41) is 11.7. The van der Waals surface area contributed by atoms with Crippen LogP contribution < -0.4 is 5.32 Å². The predicted octanol–water partition coefficient (Wildman–Crippen LogP) is 1.87. The Kier molecular flexibility index (Phi) is 4.38. The highest BCUT2D eigenvalue weighted by molar-refractivity contribution is 9.11. The molecule has 0 atom stereocenters. The Labute approximate surface area is 126 Å². The van der Waals surface area contributed by atoms with E-state index in [0.29, 0.717) is 5.69 Å². The topological polar surface area (TPSA) is 69.6 Å². The van der Waals surface area contributed by atoms with Crippen LogP contribution in [0.5, 0.6) is 0 Å². The molecular formula is C12H10Br2N2O3. The van der Waals surface area contributed by atoms with Gasteiger partial charge in [0, 0.05) is 15.0 Å². The van der Waals surface area contributed by atoms with Crippen molar-refractivity contribution in [3.8, 4) is 0 Å². The van der Waals surface area contributed by atoms with Crippen molar-refractivity contribution in [3.63, 3.8) is 0 Å². The number of anilines is 1. The molecule has 1 aliphatic heterocycles. The van der Waals surface area contributed by atoms with Crippen LogP contribution in [0.25, 0.3) is 0 Å². The maximum Gasteiger partial charge on any atom is 0.277 e. The summed E-state index contributed by atoms with van der Waals surface area (Å²) in [5.41, 5.74) is 0.878. The zero-order chi connectivity index (χ0) is 14.0. The second-order valence-corrected chi connectivity index (χ2v) is 5.60. The summed E-state index contributed by atoms with van der Waals surface area (Å²) in [4.78, 5) is 24.5. The molecule has 2 N–H and O–H groups in total. The first kappa shape index (κ1) is 14.2. The second kappa shape index (κ2) is 5.85. The lowest BCUT2D eigenvalue weighted by atomic mass is 10.3. The molecule has 2 rings (SSSR count). The van der Waals surface area contributed by atoms with Crippen LogP contribution in [0.1, 0.15) is 0 Å². The number of β-amino-alcohol motifs (C(OH)–C–C–N with tert-alkyl or cyclic N) is 1. The number of imide groups is 1. The number of nitrogens with zero attached hydrogens (tertiary/aromatic N) is 1. The Morgan fingerprint density at radius 1 is 1.26 bits per heavy atom. The Balaban J connectivity index is 2.18. The number of rotatable bonds is 4. The largest absolute Gasteiger partial charge is 0.395 e. The van der Waals surface area contributed by atoms with Crippen molar-refractivity contribution in [1.29, 1.82) is 0 Å². The summed E-state index contributed by atoms with van der Waals surface area (Å²) in [6.45, 7) is -0.249. The molecule has 0 spiro atoms. The number of carbonyl (C=O) groups is 2. The second-order valence-electron chi connectivity index (χ2n) is 3.83. The molecule has 0 unspecified atom stereocenters. The Bertz CT molecular complexity index is 572. The molecule has 0 aromatic heterocycles. The lowest BCUT2D eigenvalue weighted by Gasteiger charge is -2.14. The van der Waals surface area contributed by atoms with Gasteiger partial charge < -0.3 is 10.4 Å². The van der Waals surface area contributed by atoms with Crippen molar-refractivity contribution in [3.05, 3.63) is 38.9 Å². The third-order valence-corrected chi connectivity index (χ3v) is 3.68. The van der Waals surface area contributed by atoms with Gasteiger partial charge in [0.1, 0.15) is 5.70 Å². The number of hydrogen-bond donors (Lipinski definition) is 2. The maximum absolute atomic E-state index is 11.9. The number of hydrogen-bond acceptors (Lipinski definition) is 4. The van der Waals surface area contributed by atoms with Crippen LogP contribution in [0.4, 0.5) is 5.69 Å². The highest BCUT2D eigenvalue weighted by Crippen LogP contribution is 2.28. The van der Waals surface area contributed by atoms with E-state index in [1.165, 1.54) is 6.08 Å². The Hall–Kier alpha value is -1.18. The molecule has 2 amide bonds. The van der Waals surface area contributed by atoms with E-state index in [1.807, 2.05) is 12.1 Å². The average molecular weight is 390 g/mol. The van der Waals surface area contributed by atoms with Gasteiger partial charge in [-0.2, -0.15) is 0 Å². The minimum absolute atomic E-state index is 0.000847. The fourth-order valence-corrected chi connectivity index (χ4v) is 2.79. The molecule has 0 saturated heterocycles. The number of carbonyl (C=O) groups excluding carboxylic acids is 2. The van der Waals surface area contributed by atoms with Gasteiger partial charge in [-0.3, -0.25) is 14.5 Å².